The molecule has 0 aromatic heterocycles. The number of hydrogen-bond donors (Lipinski definition) is 0. The third-order valence-electron chi connectivity index (χ3n) is 0.801. The van der Waals surface area contributed by atoms with E-state index in [2.05, 4.69) is 0 Å². The molecule has 0 aliphatic heterocycles. The van der Waals surface area contributed by atoms with Crippen molar-refractivity contribution in [3.8, 4) is 0 Å². The quantitative estimate of drug-likeness (QED) is 0.402. The molecule has 0 aromatic rings. The second-order valence-corrected chi connectivity index (χ2v) is 1.64. The molecule has 0 saturated carbocycles. The summed E-state index contributed by atoms with van der Waals surface area (Å²) in [6.07, 6.45) is 0.604. The van der Waals surface area contributed by atoms with Crippen LogP contribution in [0.15, 0.2) is 0 Å². The van der Waals surface area contributed by atoms with Gasteiger partial charge in [0.2, 0.25) is 13.9 Å². The summed E-state index contributed by atoms with van der Waals surface area (Å²) in [5.74, 6) is 0.181. The third-order valence-corrected chi connectivity index (χ3v) is 0.801. The van der Waals surface area contributed by atoms with Crippen LogP contribution in [-0.2, 0) is 4.79 Å². The fourth-order valence-electron chi connectivity index (χ4n) is 0.316. The molecule has 0 radical (unpaired) electrons. The van der Waals surface area contributed by atoms with Gasteiger partial charge in [-0.3, -0.25) is 4.79 Å². The van der Waals surface area contributed by atoms with Gasteiger partial charge in [-0.15, -0.1) is 0 Å². The summed E-state index contributed by atoms with van der Waals surface area (Å²) in [6.45, 7) is 1.85. The molecule has 0 aliphatic rings. The molecule has 0 N–H and O–H groups in total. The molecule has 3 heteroatoms. The summed E-state index contributed by atoms with van der Waals surface area (Å²) < 4.78 is 0. The monoisotopic (exact) mass is 99.1 g/mol. The van der Waals surface area contributed by atoms with E-state index in [4.69, 9.17) is 0 Å². The number of carbonyl (C=O) groups excluding carboxylic acids is 1. The van der Waals surface area contributed by atoms with E-state index in [1.165, 1.54) is 0 Å². The Morgan fingerprint density at radius 1 is 1.86 bits per heavy atom. The van der Waals surface area contributed by atoms with E-state index < -0.39 is 0 Å². The van der Waals surface area contributed by atoms with Crippen molar-refractivity contribution in [3.63, 3.8) is 0 Å². The minimum Gasteiger partial charge on any atom is -0.396 e. The summed E-state index contributed by atoms with van der Waals surface area (Å²) in [5, 5.41) is 0. The molecule has 0 aliphatic carbocycles. The minimum atomic E-state index is 0.181. The van der Waals surface area contributed by atoms with Gasteiger partial charge in [-0.05, 0) is 7.05 Å². The van der Waals surface area contributed by atoms with E-state index in [9.17, 15) is 4.79 Å². The lowest BCUT2D eigenvalue weighted by Crippen LogP contribution is -2.21. The Bertz CT molecular complexity index is 72.1. The second-order valence-electron chi connectivity index (χ2n) is 1.64. The first-order valence-electron chi connectivity index (χ1n) is 2.38. The molecule has 0 heterocycles. The van der Waals surface area contributed by atoms with Crippen molar-refractivity contribution in [1.29, 1.82) is 0 Å². The minimum absolute atomic E-state index is 0.181. The first-order chi connectivity index (χ1) is 3.18. The second kappa shape index (κ2) is 2.67. The van der Waals surface area contributed by atoms with E-state index >= 15 is 0 Å². The summed E-state index contributed by atoms with van der Waals surface area (Å²) in [5.41, 5.74) is 0. The molecule has 40 valence electrons. The molecule has 0 spiro atoms. The van der Waals surface area contributed by atoms with Gasteiger partial charge in [-0.1, -0.05) is 6.92 Å². The predicted molar refractivity (Wildman–Crippen MR) is 31.6 cm³/mol. The van der Waals surface area contributed by atoms with Crippen LogP contribution in [0.1, 0.15) is 13.3 Å². The zero-order valence-corrected chi connectivity index (χ0v) is 5.06. The molecular formula is C4H10BNO. The highest BCUT2D eigenvalue weighted by atomic mass is 16.2. The van der Waals surface area contributed by atoms with E-state index in [1.807, 2.05) is 6.92 Å². The fourth-order valence-corrected chi connectivity index (χ4v) is 0.316. The fraction of sp³-hybridized carbons (Fsp3) is 0.750. The third kappa shape index (κ3) is 2.26. The van der Waals surface area contributed by atoms with Crippen LogP contribution >= 0.6 is 0 Å². The largest absolute Gasteiger partial charge is 0.396 e. The topological polar surface area (TPSA) is 20.3 Å². The van der Waals surface area contributed by atoms with Crippen LogP contribution in [0, 0.1) is 0 Å². The van der Waals surface area contributed by atoms with Crippen molar-refractivity contribution in [2.75, 3.05) is 7.05 Å². The molecule has 1 amide bonds. The van der Waals surface area contributed by atoms with Gasteiger partial charge in [0.25, 0.3) is 0 Å². The van der Waals surface area contributed by atoms with Gasteiger partial charge in [-0.25, -0.2) is 0 Å². The number of hydrogen-bond acceptors (Lipinski definition) is 1. The average Bonchev–Trinajstić information content (AvgIpc) is 1.65. The first kappa shape index (κ1) is 6.53. The van der Waals surface area contributed by atoms with E-state index in [0.29, 0.717) is 6.42 Å². The van der Waals surface area contributed by atoms with Gasteiger partial charge in [0.1, 0.15) is 0 Å². The van der Waals surface area contributed by atoms with Gasteiger partial charge >= 0.3 is 0 Å². The van der Waals surface area contributed by atoms with Crippen molar-refractivity contribution < 1.29 is 4.79 Å². The Kier molecular flexibility index (Phi) is 2.49. The maximum Gasteiger partial charge on any atom is 0.220 e. The van der Waals surface area contributed by atoms with E-state index in [-0.39, 0.29) is 5.91 Å². The molecule has 0 rings (SSSR count). The van der Waals surface area contributed by atoms with Gasteiger partial charge in [-0.2, -0.15) is 0 Å². The van der Waals surface area contributed by atoms with Gasteiger partial charge in [0.15, 0.2) is 0 Å². The molecule has 7 heavy (non-hydrogen) atoms. The molecule has 0 unspecified atom stereocenters. The Hall–Kier alpha value is -0.465. The molecule has 0 fully saturated rings. The SMILES string of the molecule is BN(C)C(=O)CC. The lowest BCUT2D eigenvalue weighted by molar-refractivity contribution is -0.125. The summed E-state index contributed by atoms with van der Waals surface area (Å²) >= 11 is 0. The lowest BCUT2D eigenvalue weighted by atomic mass is 10.3. The summed E-state index contributed by atoms with van der Waals surface area (Å²) in [6, 6.07) is 0. The van der Waals surface area contributed by atoms with Crippen LogP contribution in [0.4, 0.5) is 0 Å². The highest BCUT2D eigenvalue weighted by molar-refractivity contribution is 6.13. The zero-order chi connectivity index (χ0) is 5.86. The van der Waals surface area contributed by atoms with E-state index in [1.54, 1.807) is 19.8 Å². The number of rotatable bonds is 1. The predicted octanol–water partition coefficient (Wildman–Crippen LogP) is -0.597. The van der Waals surface area contributed by atoms with Crippen molar-refractivity contribution in [1.82, 2.24) is 4.81 Å². The van der Waals surface area contributed by atoms with Crippen molar-refractivity contribution >= 4 is 13.9 Å². The summed E-state index contributed by atoms with van der Waals surface area (Å²) in [4.78, 5) is 12.0. The molecule has 0 atom stereocenters. The molecule has 0 aromatic carbocycles. The smallest absolute Gasteiger partial charge is 0.220 e. The van der Waals surface area contributed by atoms with Crippen molar-refractivity contribution in [2.24, 2.45) is 0 Å². The Morgan fingerprint density at radius 2 is 2.29 bits per heavy atom. The lowest BCUT2D eigenvalue weighted by Gasteiger charge is -2.06. The van der Waals surface area contributed by atoms with Gasteiger partial charge in [0.05, 0.1) is 0 Å². The average molecular weight is 98.9 g/mol. The molecule has 0 saturated heterocycles. The Morgan fingerprint density at radius 3 is 2.29 bits per heavy atom. The van der Waals surface area contributed by atoms with Crippen LogP contribution in [0.2, 0.25) is 0 Å². The Labute approximate surface area is 44.9 Å². The standard InChI is InChI=1S/C4H10BNO/c1-3-4(7)6(2)5/h3,5H2,1-2H3. The molecule has 2 nitrogen and oxygen atoms in total. The zero-order valence-electron chi connectivity index (χ0n) is 5.06. The highest BCUT2D eigenvalue weighted by Crippen LogP contribution is 1.80. The number of amides is 1. The maximum atomic E-state index is 10.4. The molecular weight excluding hydrogens is 88.9 g/mol. The van der Waals surface area contributed by atoms with Crippen molar-refractivity contribution in [3.05, 3.63) is 0 Å². The van der Waals surface area contributed by atoms with Crippen LogP contribution in [-0.4, -0.2) is 25.7 Å². The summed E-state index contributed by atoms with van der Waals surface area (Å²) in [7, 11) is 3.51. The van der Waals surface area contributed by atoms with Crippen LogP contribution < -0.4 is 0 Å². The van der Waals surface area contributed by atoms with Crippen LogP contribution in [0.25, 0.3) is 0 Å². The Balaban J connectivity index is 3.35. The number of nitrogens with zero attached hydrogens (tertiary/aromatic N) is 1. The van der Waals surface area contributed by atoms with Crippen molar-refractivity contribution in [2.45, 2.75) is 13.3 Å². The first-order valence-corrected chi connectivity index (χ1v) is 2.38. The van der Waals surface area contributed by atoms with Gasteiger partial charge < -0.3 is 4.81 Å². The maximum absolute atomic E-state index is 10.4. The van der Waals surface area contributed by atoms with Crippen LogP contribution in [0.3, 0.4) is 0 Å². The van der Waals surface area contributed by atoms with Crippen LogP contribution in [0.5, 0.6) is 0 Å². The number of carbonyl (C=O) groups is 1. The van der Waals surface area contributed by atoms with Gasteiger partial charge in [0, 0.05) is 6.42 Å². The molecule has 0 bridgehead atoms. The highest BCUT2D eigenvalue weighted by Gasteiger charge is 1.95. The van der Waals surface area contributed by atoms with E-state index in [0.717, 1.165) is 0 Å². The normalized spacial score (nSPS) is 8.29.